The van der Waals surface area contributed by atoms with Gasteiger partial charge in [0.1, 0.15) is 11.6 Å². The summed E-state index contributed by atoms with van der Waals surface area (Å²) in [6.45, 7) is -0.718. The zero-order chi connectivity index (χ0) is 12.4. The molecule has 1 aromatic rings. The lowest BCUT2D eigenvalue weighted by molar-refractivity contribution is -0.136. The summed E-state index contributed by atoms with van der Waals surface area (Å²) in [5.41, 5.74) is 0.176. The number of methoxy groups -OCH3 is 1. The Morgan fingerprint density at radius 2 is 2.18 bits per heavy atom. The number of nitrogens with zero attached hydrogens (tertiary/aromatic N) is 2. The number of benzene rings is 1. The molecule has 1 aliphatic rings. The van der Waals surface area contributed by atoms with Crippen LogP contribution in [0.25, 0.3) is 0 Å². The van der Waals surface area contributed by atoms with Crippen LogP contribution in [-0.4, -0.2) is 19.9 Å². The molecule has 0 radical (unpaired) electrons. The van der Waals surface area contributed by atoms with E-state index in [-0.39, 0.29) is 11.2 Å². The Morgan fingerprint density at radius 3 is 2.82 bits per heavy atom. The largest absolute Gasteiger partial charge is 0.464 e. The first-order chi connectivity index (χ1) is 8.11. The van der Waals surface area contributed by atoms with Gasteiger partial charge in [-0.25, -0.2) is 18.6 Å². The van der Waals surface area contributed by atoms with Crippen molar-refractivity contribution >= 4 is 18.3 Å². The van der Waals surface area contributed by atoms with Gasteiger partial charge in [-0.05, 0) is 17.5 Å². The zero-order valence-corrected chi connectivity index (χ0v) is 8.85. The van der Waals surface area contributed by atoms with Crippen LogP contribution in [0.5, 0.6) is 0 Å². The monoisotopic (exact) mass is 236 g/mol. The molecule has 0 spiro atoms. The molecule has 0 unspecified atom stereocenters. The smallest absolute Gasteiger partial charge is 0.371 e. The van der Waals surface area contributed by atoms with Crippen LogP contribution in [0.15, 0.2) is 40.0 Å². The first kappa shape index (κ1) is 11.4. The third-order valence-electron chi connectivity index (χ3n) is 2.28. The topological polar surface area (TPSA) is 51.0 Å². The van der Waals surface area contributed by atoms with Crippen LogP contribution in [0, 0.1) is 11.6 Å². The van der Waals surface area contributed by atoms with Crippen LogP contribution in [0.1, 0.15) is 0 Å². The maximum Gasteiger partial charge on any atom is 0.371 e. The molecule has 0 saturated heterocycles. The van der Waals surface area contributed by atoms with E-state index in [2.05, 4.69) is 14.9 Å². The number of carbonyl (C=O) groups excluding carboxylic acids is 1. The Bertz CT molecular complexity index is 531. The Morgan fingerprint density at radius 1 is 1.41 bits per heavy atom. The number of halogens is 2. The van der Waals surface area contributed by atoms with Crippen molar-refractivity contribution < 1.29 is 18.3 Å². The molecule has 0 amide bonds. The molecule has 7 heteroatoms. The summed E-state index contributed by atoms with van der Waals surface area (Å²) in [6, 6.07) is 3.15. The summed E-state index contributed by atoms with van der Waals surface area (Å²) in [7, 11) is 1.21. The predicted octanol–water partition coefficient (Wildman–Crippen LogP) is 1.23. The quantitative estimate of drug-likeness (QED) is 0.572. The van der Waals surface area contributed by atoms with Crippen molar-refractivity contribution in [3.8, 4) is 0 Å². The van der Waals surface area contributed by atoms with E-state index in [1.54, 1.807) is 0 Å². The van der Waals surface area contributed by atoms with E-state index in [4.69, 9.17) is 0 Å². The Labute approximate surface area is 96.1 Å². The number of hydrogen-bond acceptors (Lipinski definition) is 4. The Hall–Kier alpha value is -2.05. The van der Waals surface area contributed by atoms with E-state index < -0.39 is 24.5 Å². The van der Waals surface area contributed by atoms with Crippen LogP contribution in [0.2, 0.25) is 0 Å². The summed E-state index contributed by atoms with van der Waals surface area (Å²) in [6.07, 6.45) is 0. The number of carbonyl (C=O) groups is 1. The van der Waals surface area contributed by atoms with Crippen molar-refractivity contribution in [2.75, 3.05) is 7.11 Å². The first-order valence-corrected chi connectivity index (χ1v) is 4.77. The van der Waals surface area contributed by atoms with Gasteiger partial charge in [0, 0.05) is 6.07 Å². The number of esters is 1. The summed E-state index contributed by atoms with van der Waals surface area (Å²) >= 11 is 0. The molecule has 1 aromatic carbocycles. The molecule has 0 atom stereocenters. The fraction of sp³-hybridized carbons (Fsp3) is 0.100. The van der Waals surface area contributed by atoms with Gasteiger partial charge in [0.2, 0.25) is 0 Å². The highest BCUT2D eigenvalue weighted by Crippen LogP contribution is 2.13. The van der Waals surface area contributed by atoms with Gasteiger partial charge in [0.05, 0.1) is 7.11 Å². The SMILES string of the molecule is COC(=O)C1=CB(c2ccc(F)cc2F)N=N1. The molecule has 4 nitrogen and oxygen atoms in total. The van der Waals surface area contributed by atoms with Crippen molar-refractivity contribution in [1.82, 2.24) is 0 Å². The molecule has 0 saturated carbocycles. The van der Waals surface area contributed by atoms with Gasteiger partial charge < -0.3 is 4.74 Å². The standard InChI is InChI=1S/C10H7BF2N2O2/c1-17-10(16)9-5-11(15-14-9)7-3-2-6(12)4-8(7)13/h2-5H,1H3. The normalized spacial score (nSPS) is 13.8. The fourth-order valence-electron chi connectivity index (χ4n) is 1.45. The molecule has 0 N–H and O–H groups in total. The van der Waals surface area contributed by atoms with Crippen LogP contribution in [-0.2, 0) is 9.53 Å². The van der Waals surface area contributed by atoms with Crippen molar-refractivity contribution in [3.05, 3.63) is 41.5 Å². The van der Waals surface area contributed by atoms with Gasteiger partial charge in [-0.15, -0.1) is 0 Å². The van der Waals surface area contributed by atoms with Crippen LogP contribution >= 0.6 is 0 Å². The zero-order valence-electron chi connectivity index (χ0n) is 8.85. The minimum absolute atomic E-state index is 0.0150. The minimum Gasteiger partial charge on any atom is -0.464 e. The summed E-state index contributed by atoms with van der Waals surface area (Å²) < 4.78 is 30.6. The van der Waals surface area contributed by atoms with Crippen molar-refractivity contribution in [2.45, 2.75) is 0 Å². The number of ether oxygens (including phenoxy) is 1. The molecule has 0 aliphatic carbocycles. The van der Waals surface area contributed by atoms with Crippen molar-refractivity contribution in [1.29, 1.82) is 0 Å². The highest BCUT2D eigenvalue weighted by atomic mass is 19.1. The van der Waals surface area contributed by atoms with E-state index >= 15 is 0 Å². The highest BCUT2D eigenvalue weighted by Gasteiger charge is 2.27. The summed E-state index contributed by atoms with van der Waals surface area (Å²) in [5, 5.41) is 7.29. The second-order valence-corrected chi connectivity index (χ2v) is 3.37. The van der Waals surface area contributed by atoms with Crippen LogP contribution < -0.4 is 5.46 Å². The number of rotatable bonds is 2. The van der Waals surface area contributed by atoms with Gasteiger partial charge in [0.25, 0.3) is 0 Å². The predicted molar refractivity (Wildman–Crippen MR) is 56.7 cm³/mol. The summed E-state index contributed by atoms with van der Waals surface area (Å²) in [5.74, 6) is -0.671. The third kappa shape index (κ3) is 2.22. The maximum absolute atomic E-state index is 13.4. The highest BCUT2D eigenvalue weighted by molar-refractivity contribution is 6.77. The molecule has 1 heterocycles. The van der Waals surface area contributed by atoms with E-state index in [9.17, 15) is 13.6 Å². The van der Waals surface area contributed by atoms with Gasteiger partial charge in [0.15, 0.2) is 5.70 Å². The second kappa shape index (κ2) is 4.44. The molecule has 0 fully saturated rings. The minimum atomic E-state index is -0.726. The average Bonchev–Trinajstić information content (AvgIpc) is 2.77. The molecule has 86 valence electrons. The van der Waals surface area contributed by atoms with Gasteiger partial charge >= 0.3 is 12.8 Å². The molecule has 0 aromatic heterocycles. The van der Waals surface area contributed by atoms with Crippen molar-refractivity contribution in [3.63, 3.8) is 0 Å². The Balaban J connectivity index is 2.29. The van der Waals surface area contributed by atoms with E-state index in [0.717, 1.165) is 12.1 Å². The third-order valence-corrected chi connectivity index (χ3v) is 2.28. The molecule has 17 heavy (non-hydrogen) atoms. The van der Waals surface area contributed by atoms with Crippen LogP contribution in [0.3, 0.4) is 0 Å². The van der Waals surface area contributed by atoms with E-state index in [0.29, 0.717) is 0 Å². The molecular weight excluding hydrogens is 229 g/mol. The van der Waals surface area contributed by atoms with E-state index in [1.165, 1.54) is 19.2 Å². The molecule has 0 bridgehead atoms. The maximum atomic E-state index is 13.4. The van der Waals surface area contributed by atoms with Crippen LogP contribution in [0.4, 0.5) is 8.78 Å². The van der Waals surface area contributed by atoms with Gasteiger partial charge in [-0.2, -0.15) is 5.11 Å². The van der Waals surface area contributed by atoms with Gasteiger partial charge in [-0.3, -0.25) is 0 Å². The van der Waals surface area contributed by atoms with Crippen molar-refractivity contribution in [2.24, 2.45) is 10.1 Å². The Kier molecular flexibility index (Phi) is 2.99. The lowest BCUT2D eigenvalue weighted by Gasteiger charge is -2.01. The lowest BCUT2D eigenvalue weighted by Crippen LogP contribution is -2.28. The first-order valence-electron chi connectivity index (χ1n) is 4.77. The fourth-order valence-corrected chi connectivity index (χ4v) is 1.45. The number of hydrogen-bond donors (Lipinski definition) is 0. The van der Waals surface area contributed by atoms with E-state index in [1.807, 2.05) is 0 Å². The molecule has 1 aliphatic heterocycles. The average molecular weight is 236 g/mol. The molecular formula is C10H7BF2N2O2. The molecule has 2 rings (SSSR count). The summed E-state index contributed by atoms with van der Waals surface area (Å²) in [4.78, 5) is 11.1. The van der Waals surface area contributed by atoms with Gasteiger partial charge in [-0.1, -0.05) is 6.07 Å². The second-order valence-electron chi connectivity index (χ2n) is 3.37. The lowest BCUT2D eigenvalue weighted by atomic mass is 9.57.